The van der Waals surface area contributed by atoms with E-state index in [1.54, 1.807) is 13.0 Å². The van der Waals surface area contributed by atoms with Gasteiger partial charge in [0.25, 0.3) is 0 Å². The Morgan fingerprint density at radius 1 is 1.16 bits per heavy atom. The summed E-state index contributed by atoms with van der Waals surface area (Å²) in [5.74, 6) is -0.204. The maximum absolute atomic E-state index is 12.5. The lowest BCUT2D eigenvalue weighted by Crippen LogP contribution is -2.31. The molecule has 3 fully saturated rings. The molecule has 0 unspecified atom stereocenters. The minimum atomic E-state index is -0.700. The Kier molecular flexibility index (Phi) is 4.07. The SMILES string of the molecule is C=C1CC[C@H]2C(=C)CC[C@@H]3[C@H](OC(=O)[C@H]3CO[C@@H]3C=C(C)C(=O)O3)[C@@H]12. The fourth-order valence-electron chi connectivity index (χ4n) is 4.82. The molecular formula is C20H24O5. The van der Waals surface area contributed by atoms with E-state index in [9.17, 15) is 9.59 Å². The number of carbonyl (C=O) groups is 2. The Bertz CT molecular complexity index is 676. The monoisotopic (exact) mass is 344 g/mol. The highest BCUT2D eigenvalue weighted by Crippen LogP contribution is 2.52. The number of allylic oxidation sites excluding steroid dienone is 1. The molecule has 0 radical (unpaired) electrons. The van der Waals surface area contributed by atoms with E-state index in [-0.39, 0.29) is 42.4 Å². The molecule has 4 rings (SSSR count). The molecular weight excluding hydrogens is 320 g/mol. The number of fused-ring (bicyclic) bond motifs is 3. The molecule has 2 aliphatic heterocycles. The van der Waals surface area contributed by atoms with E-state index in [1.165, 1.54) is 11.1 Å². The highest BCUT2D eigenvalue weighted by Gasteiger charge is 2.53. The van der Waals surface area contributed by atoms with Crippen LogP contribution in [0, 0.1) is 23.7 Å². The van der Waals surface area contributed by atoms with E-state index in [1.807, 2.05) is 0 Å². The molecule has 1 saturated heterocycles. The number of cyclic esters (lactones) is 1. The van der Waals surface area contributed by atoms with Gasteiger partial charge in [0, 0.05) is 17.4 Å². The van der Waals surface area contributed by atoms with E-state index < -0.39 is 6.29 Å². The first-order chi connectivity index (χ1) is 12.0. The van der Waals surface area contributed by atoms with Crippen molar-refractivity contribution in [3.8, 4) is 0 Å². The van der Waals surface area contributed by atoms with E-state index in [4.69, 9.17) is 14.2 Å². The molecule has 5 nitrogen and oxygen atoms in total. The largest absolute Gasteiger partial charge is 0.461 e. The van der Waals surface area contributed by atoms with E-state index in [2.05, 4.69) is 13.2 Å². The molecule has 2 heterocycles. The summed E-state index contributed by atoms with van der Waals surface area (Å²) in [5.41, 5.74) is 2.98. The average Bonchev–Trinajstić information content (AvgIpc) is 3.17. The summed E-state index contributed by atoms with van der Waals surface area (Å²) in [7, 11) is 0. The van der Waals surface area contributed by atoms with Crippen molar-refractivity contribution in [3.05, 3.63) is 36.0 Å². The molecule has 6 atom stereocenters. The highest BCUT2D eigenvalue weighted by atomic mass is 16.7. The number of carbonyl (C=O) groups excluding carboxylic acids is 2. The molecule has 4 aliphatic rings. The average molecular weight is 344 g/mol. The van der Waals surface area contributed by atoms with Gasteiger partial charge in [-0.15, -0.1) is 0 Å². The lowest BCUT2D eigenvalue weighted by Gasteiger charge is -2.27. The van der Waals surface area contributed by atoms with Crippen molar-refractivity contribution in [3.63, 3.8) is 0 Å². The molecule has 134 valence electrons. The normalized spacial score (nSPS) is 40.3. The lowest BCUT2D eigenvalue weighted by molar-refractivity contribution is -0.162. The Morgan fingerprint density at radius 2 is 1.92 bits per heavy atom. The lowest BCUT2D eigenvalue weighted by atomic mass is 9.80. The number of hydrogen-bond donors (Lipinski definition) is 0. The van der Waals surface area contributed by atoms with E-state index in [0.717, 1.165) is 25.7 Å². The molecule has 2 saturated carbocycles. The van der Waals surface area contributed by atoms with Crippen LogP contribution in [0.3, 0.4) is 0 Å². The van der Waals surface area contributed by atoms with Crippen LogP contribution in [-0.2, 0) is 23.8 Å². The highest BCUT2D eigenvalue weighted by molar-refractivity contribution is 5.89. The zero-order valence-corrected chi connectivity index (χ0v) is 14.5. The van der Waals surface area contributed by atoms with E-state index >= 15 is 0 Å². The fourth-order valence-corrected chi connectivity index (χ4v) is 4.82. The molecule has 0 aromatic carbocycles. The van der Waals surface area contributed by atoms with Crippen molar-refractivity contribution in [2.45, 2.75) is 45.0 Å². The Balaban J connectivity index is 1.49. The smallest absolute Gasteiger partial charge is 0.336 e. The third-order valence-corrected chi connectivity index (χ3v) is 6.22. The van der Waals surface area contributed by atoms with Crippen molar-refractivity contribution in [1.82, 2.24) is 0 Å². The minimum absolute atomic E-state index is 0.108. The third kappa shape index (κ3) is 2.74. The summed E-state index contributed by atoms with van der Waals surface area (Å²) in [6.45, 7) is 10.4. The third-order valence-electron chi connectivity index (χ3n) is 6.22. The van der Waals surface area contributed by atoms with Gasteiger partial charge in [0.05, 0.1) is 12.5 Å². The molecule has 25 heavy (non-hydrogen) atoms. The predicted molar refractivity (Wildman–Crippen MR) is 90.2 cm³/mol. The molecule has 0 aromatic heterocycles. The first-order valence-electron chi connectivity index (χ1n) is 9.02. The van der Waals surface area contributed by atoms with Crippen molar-refractivity contribution in [2.75, 3.05) is 6.61 Å². The van der Waals surface area contributed by atoms with Crippen LogP contribution in [0.1, 0.15) is 32.6 Å². The summed E-state index contributed by atoms with van der Waals surface area (Å²) < 4.78 is 16.6. The first kappa shape index (κ1) is 16.6. The standard InChI is InChI=1S/C20H24O5/c1-10-4-7-14-15(9-23-16-8-12(3)19(21)24-16)20(22)25-18(14)17-11(2)5-6-13(10)17/h8,13-18H,1-2,4-7,9H2,3H3/t13-,14-,15-,16-,17-,18-/m0/s1. The van der Waals surface area contributed by atoms with Gasteiger partial charge in [-0.1, -0.05) is 24.3 Å². The van der Waals surface area contributed by atoms with Gasteiger partial charge in [0.15, 0.2) is 0 Å². The van der Waals surface area contributed by atoms with Crippen molar-refractivity contribution in [2.24, 2.45) is 23.7 Å². The van der Waals surface area contributed by atoms with Crippen LogP contribution in [0.2, 0.25) is 0 Å². The molecule has 0 spiro atoms. The van der Waals surface area contributed by atoms with Gasteiger partial charge < -0.3 is 14.2 Å². The van der Waals surface area contributed by atoms with Crippen LogP contribution >= 0.6 is 0 Å². The quantitative estimate of drug-likeness (QED) is 0.582. The molecule has 0 bridgehead atoms. The summed E-state index contributed by atoms with van der Waals surface area (Å²) in [5, 5.41) is 0. The molecule has 5 heteroatoms. The van der Waals surface area contributed by atoms with Gasteiger partial charge in [-0.2, -0.15) is 0 Å². The summed E-state index contributed by atoms with van der Waals surface area (Å²) in [6, 6.07) is 0. The number of esters is 2. The van der Waals surface area contributed by atoms with Gasteiger partial charge in [0.2, 0.25) is 6.29 Å². The van der Waals surface area contributed by atoms with Crippen molar-refractivity contribution < 1.29 is 23.8 Å². The van der Waals surface area contributed by atoms with Crippen molar-refractivity contribution in [1.29, 1.82) is 0 Å². The van der Waals surface area contributed by atoms with Crippen molar-refractivity contribution >= 4 is 11.9 Å². The van der Waals surface area contributed by atoms with Crippen LogP contribution in [-0.4, -0.2) is 30.9 Å². The fraction of sp³-hybridized carbons (Fsp3) is 0.600. The maximum atomic E-state index is 12.5. The van der Waals surface area contributed by atoms with Gasteiger partial charge in [-0.3, -0.25) is 4.79 Å². The number of ether oxygens (including phenoxy) is 3. The Hall–Kier alpha value is -1.88. The molecule has 2 aliphatic carbocycles. The molecule has 0 amide bonds. The Morgan fingerprint density at radius 3 is 2.64 bits per heavy atom. The molecule has 0 N–H and O–H groups in total. The topological polar surface area (TPSA) is 61.8 Å². The first-order valence-corrected chi connectivity index (χ1v) is 9.02. The predicted octanol–water partition coefficient (Wildman–Crippen LogP) is 2.92. The number of hydrogen-bond acceptors (Lipinski definition) is 5. The zero-order valence-electron chi connectivity index (χ0n) is 14.5. The molecule has 0 aromatic rings. The van der Waals surface area contributed by atoms with Crippen LogP contribution in [0.5, 0.6) is 0 Å². The number of rotatable bonds is 3. The summed E-state index contributed by atoms with van der Waals surface area (Å²) in [4.78, 5) is 23.9. The maximum Gasteiger partial charge on any atom is 0.336 e. The minimum Gasteiger partial charge on any atom is -0.461 e. The van der Waals surface area contributed by atoms with Crippen LogP contribution in [0.15, 0.2) is 36.0 Å². The van der Waals surface area contributed by atoms with Gasteiger partial charge in [0.1, 0.15) is 6.10 Å². The summed E-state index contributed by atoms with van der Waals surface area (Å²) in [6.07, 6.45) is 4.66. The Labute approximate surface area is 147 Å². The van der Waals surface area contributed by atoms with Crippen LogP contribution in [0.4, 0.5) is 0 Å². The van der Waals surface area contributed by atoms with Crippen LogP contribution < -0.4 is 0 Å². The van der Waals surface area contributed by atoms with Gasteiger partial charge in [-0.25, -0.2) is 4.79 Å². The second kappa shape index (κ2) is 6.13. The van der Waals surface area contributed by atoms with E-state index in [0.29, 0.717) is 11.5 Å². The zero-order chi connectivity index (χ0) is 17.7. The van der Waals surface area contributed by atoms with Gasteiger partial charge in [-0.05, 0) is 44.6 Å². The van der Waals surface area contributed by atoms with Gasteiger partial charge >= 0.3 is 11.9 Å². The summed E-state index contributed by atoms with van der Waals surface area (Å²) >= 11 is 0. The second-order valence-electron chi connectivity index (χ2n) is 7.65. The van der Waals surface area contributed by atoms with Crippen LogP contribution in [0.25, 0.3) is 0 Å². The second-order valence-corrected chi connectivity index (χ2v) is 7.65.